The Kier molecular flexibility index (Phi) is 5.40. The van der Waals surface area contributed by atoms with Crippen LogP contribution in [0.2, 0.25) is 0 Å². The molecule has 2 aromatic heterocycles. The number of carbonyl (C=O) groups is 1. The minimum Gasteiger partial charge on any atom is -0.486 e. The summed E-state index contributed by atoms with van der Waals surface area (Å²) in [5.41, 5.74) is 1.67. The number of aryl methyl sites for hydroxylation is 1. The van der Waals surface area contributed by atoms with E-state index in [0.717, 1.165) is 35.7 Å². The zero-order valence-electron chi connectivity index (χ0n) is 15.2. The summed E-state index contributed by atoms with van der Waals surface area (Å²) in [6.45, 7) is 3.24. The molecule has 0 saturated heterocycles. The van der Waals surface area contributed by atoms with Gasteiger partial charge in [-0.3, -0.25) is 14.5 Å². The normalized spacial score (nSPS) is 12.8. The van der Waals surface area contributed by atoms with Crippen LogP contribution in [-0.4, -0.2) is 38.9 Å². The molecule has 3 heterocycles. The van der Waals surface area contributed by atoms with Crippen molar-refractivity contribution in [2.45, 2.75) is 26.3 Å². The van der Waals surface area contributed by atoms with Crippen LogP contribution in [0.4, 0.5) is 5.13 Å². The summed E-state index contributed by atoms with van der Waals surface area (Å²) in [6, 6.07) is 5.70. The number of hydrogen-bond donors (Lipinski definition) is 2. The molecule has 1 aliphatic rings. The number of carbonyl (C=O) groups excluding carboxylic acids is 1. The van der Waals surface area contributed by atoms with Crippen molar-refractivity contribution in [3.8, 4) is 22.8 Å². The van der Waals surface area contributed by atoms with E-state index < -0.39 is 0 Å². The molecule has 0 aliphatic carbocycles. The summed E-state index contributed by atoms with van der Waals surface area (Å²) in [7, 11) is 0. The summed E-state index contributed by atoms with van der Waals surface area (Å²) in [5.74, 6) is 2.02. The third kappa shape index (κ3) is 3.92. The van der Waals surface area contributed by atoms with Crippen LogP contribution in [0.25, 0.3) is 11.3 Å². The first kappa shape index (κ1) is 18.6. The maximum atomic E-state index is 12.4. The molecule has 0 atom stereocenters. The van der Waals surface area contributed by atoms with Crippen molar-refractivity contribution < 1.29 is 14.3 Å². The quantitative estimate of drug-likeness (QED) is 0.597. The summed E-state index contributed by atoms with van der Waals surface area (Å²) in [5, 5.41) is 12.2. The predicted octanol–water partition coefficient (Wildman–Crippen LogP) is 3.43. The molecule has 1 amide bonds. The van der Waals surface area contributed by atoms with Gasteiger partial charge in [-0.15, -0.1) is 11.3 Å². The molecular formula is C18H19N5O3S2. The fourth-order valence-corrected chi connectivity index (χ4v) is 3.85. The first-order chi connectivity index (χ1) is 13.6. The van der Waals surface area contributed by atoms with Crippen LogP contribution in [0.5, 0.6) is 11.5 Å². The summed E-state index contributed by atoms with van der Waals surface area (Å²) < 4.78 is 13.3. The molecule has 0 saturated carbocycles. The third-order valence-corrected chi connectivity index (χ3v) is 5.27. The number of hydrogen-bond acceptors (Lipinski definition) is 7. The summed E-state index contributed by atoms with van der Waals surface area (Å²) >= 11 is 6.58. The number of nitrogens with one attached hydrogen (secondary N) is 2. The van der Waals surface area contributed by atoms with Gasteiger partial charge in [0.1, 0.15) is 25.6 Å². The molecule has 146 valence electrons. The van der Waals surface area contributed by atoms with Gasteiger partial charge in [0.2, 0.25) is 5.91 Å². The van der Waals surface area contributed by atoms with Gasteiger partial charge in [-0.25, -0.2) is 4.98 Å². The molecule has 1 aromatic carbocycles. The smallest absolute Gasteiger partial charge is 0.246 e. The SMILES string of the molecule is CCCc1n[nH]c(=S)n1CC(=O)Nc1nc(-c2ccc3c(c2)OCCO3)cs1. The Hall–Kier alpha value is -2.72. The van der Waals surface area contributed by atoms with Crippen LogP contribution in [0.15, 0.2) is 23.6 Å². The molecule has 8 nitrogen and oxygen atoms in total. The molecule has 0 bridgehead atoms. The third-order valence-electron chi connectivity index (χ3n) is 4.20. The fourth-order valence-electron chi connectivity index (χ4n) is 2.90. The van der Waals surface area contributed by atoms with Crippen molar-refractivity contribution in [3.63, 3.8) is 0 Å². The number of H-pyrrole nitrogens is 1. The van der Waals surface area contributed by atoms with Crippen LogP contribution >= 0.6 is 23.6 Å². The molecule has 10 heteroatoms. The second-order valence-corrected chi connectivity index (χ2v) is 7.47. The van der Waals surface area contributed by atoms with E-state index >= 15 is 0 Å². The Labute approximate surface area is 170 Å². The zero-order chi connectivity index (χ0) is 19.5. The van der Waals surface area contributed by atoms with Gasteiger partial charge in [-0.2, -0.15) is 5.10 Å². The Bertz CT molecular complexity index is 1060. The van der Waals surface area contributed by atoms with E-state index in [-0.39, 0.29) is 12.5 Å². The first-order valence-corrected chi connectivity index (χ1v) is 10.2. The largest absolute Gasteiger partial charge is 0.486 e. The average molecular weight is 418 g/mol. The lowest BCUT2D eigenvalue weighted by atomic mass is 10.1. The molecule has 4 rings (SSSR count). The number of amides is 1. The lowest BCUT2D eigenvalue weighted by Crippen LogP contribution is -2.20. The highest BCUT2D eigenvalue weighted by atomic mass is 32.1. The van der Waals surface area contributed by atoms with Gasteiger partial charge in [0.25, 0.3) is 0 Å². The standard InChI is InChI=1S/C18H19N5O3S2/c1-2-3-15-21-22-18(27)23(15)9-16(24)20-17-19-12(10-28-17)11-4-5-13-14(8-11)26-7-6-25-13/h4-5,8,10H,2-3,6-7,9H2,1H3,(H,22,27)(H,19,20,24). The molecule has 28 heavy (non-hydrogen) atoms. The van der Waals surface area contributed by atoms with E-state index in [4.69, 9.17) is 21.7 Å². The summed E-state index contributed by atoms with van der Waals surface area (Å²) in [6.07, 6.45) is 1.68. The minimum absolute atomic E-state index is 0.101. The topological polar surface area (TPSA) is 94.1 Å². The maximum Gasteiger partial charge on any atom is 0.246 e. The number of nitrogens with zero attached hydrogens (tertiary/aromatic N) is 3. The highest BCUT2D eigenvalue weighted by Crippen LogP contribution is 2.35. The van der Waals surface area contributed by atoms with Crippen molar-refractivity contribution >= 4 is 34.6 Å². The second-order valence-electron chi connectivity index (χ2n) is 6.23. The number of rotatable bonds is 6. The molecular weight excluding hydrogens is 398 g/mol. The highest BCUT2D eigenvalue weighted by Gasteiger charge is 2.15. The molecule has 3 aromatic rings. The summed E-state index contributed by atoms with van der Waals surface area (Å²) in [4.78, 5) is 16.9. The van der Waals surface area contributed by atoms with Gasteiger partial charge in [-0.1, -0.05) is 6.92 Å². The van der Waals surface area contributed by atoms with Crippen LogP contribution in [0, 0.1) is 4.77 Å². The maximum absolute atomic E-state index is 12.4. The number of aromatic amines is 1. The monoisotopic (exact) mass is 417 g/mol. The molecule has 0 spiro atoms. The Morgan fingerprint density at radius 1 is 1.36 bits per heavy atom. The van der Waals surface area contributed by atoms with Crippen LogP contribution < -0.4 is 14.8 Å². The Morgan fingerprint density at radius 3 is 3.00 bits per heavy atom. The van der Waals surface area contributed by atoms with Crippen molar-refractivity contribution in [1.82, 2.24) is 19.7 Å². The molecule has 1 aliphatic heterocycles. The number of benzene rings is 1. The zero-order valence-corrected chi connectivity index (χ0v) is 16.9. The Balaban J connectivity index is 1.46. The first-order valence-electron chi connectivity index (χ1n) is 8.93. The lowest BCUT2D eigenvalue weighted by Gasteiger charge is -2.18. The van der Waals surface area contributed by atoms with E-state index in [1.165, 1.54) is 11.3 Å². The molecule has 0 fully saturated rings. The number of fused-ring (bicyclic) bond motifs is 1. The molecule has 2 N–H and O–H groups in total. The average Bonchev–Trinajstić information content (AvgIpc) is 3.30. The molecule has 0 unspecified atom stereocenters. The van der Waals surface area contributed by atoms with E-state index in [0.29, 0.717) is 28.9 Å². The predicted molar refractivity (Wildman–Crippen MR) is 109 cm³/mol. The van der Waals surface area contributed by atoms with Gasteiger partial charge in [0.15, 0.2) is 21.4 Å². The second kappa shape index (κ2) is 8.11. The number of aromatic nitrogens is 4. The van der Waals surface area contributed by atoms with Crippen LogP contribution in [0.1, 0.15) is 19.2 Å². The van der Waals surface area contributed by atoms with Crippen molar-refractivity contribution in [1.29, 1.82) is 0 Å². The van der Waals surface area contributed by atoms with Crippen LogP contribution in [-0.2, 0) is 17.8 Å². The van der Waals surface area contributed by atoms with Gasteiger partial charge in [0, 0.05) is 17.4 Å². The number of thiazole rings is 1. The van der Waals surface area contributed by atoms with E-state index in [9.17, 15) is 4.79 Å². The van der Waals surface area contributed by atoms with E-state index in [1.807, 2.05) is 23.6 Å². The van der Waals surface area contributed by atoms with Gasteiger partial charge in [-0.05, 0) is 36.8 Å². The van der Waals surface area contributed by atoms with Gasteiger partial charge in [0.05, 0.1) is 5.69 Å². The lowest BCUT2D eigenvalue weighted by molar-refractivity contribution is -0.116. The highest BCUT2D eigenvalue weighted by molar-refractivity contribution is 7.71. The van der Waals surface area contributed by atoms with E-state index in [2.05, 4.69) is 27.4 Å². The van der Waals surface area contributed by atoms with Crippen molar-refractivity contribution in [2.24, 2.45) is 0 Å². The van der Waals surface area contributed by atoms with Crippen molar-refractivity contribution in [2.75, 3.05) is 18.5 Å². The van der Waals surface area contributed by atoms with Gasteiger partial charge < -0.3 is 14.8 Å². The van der Waals surface area contributed by atoms with Crippen LogP contribution in [0.3, 0.4) is 0 Å². The molecule has 0 radical (unpaired) electrons. The Morgan fingerprint density at radius 2 is 2.18 bits per heavy atom. The number of ether oxygens (including phenoxy) is 2. The van der Waals surface area contributed by atoms with E-state index in [1.54, 1.807) is 4.57 Å². The van der Waals surface area contributed by atoms with Gasteiger partial charge >= 0.3 is 0 Å². The van der Waals surface area contributed by atoms with Crippen molar-refractivity contribution in [3.05, 3.63) is 34.2 Å². The number of anilines is 1. The fraction of sp³-hybridized carbons (Fsp3) is 0.333. The minimum atomic E-state index is -0.196.